The summed E-state index contributed by atoms with van der Waals surface area (Å²) < 4.78 is 4.63. The van der Waals surface area contributed by atoms with Crippen LogP contribution < -0.4 is 0 Å². The lowest BCUT2D eigenvalue weighted by atomic mass is 9.99. The van der Waals surface area contributed by atoms with Crippen LogP contribution in [-0.4, -0.2) is 17.4 Å². The largest absolute Gasteiger partial charge is 0.432 e. The molecule has 0 aromatic rings. The number of carbonyl (C=O) groups excluding carboxylic acids is 1. The van der Waals surface area contributed by atoms with Crippen molar-refractivity contribution in [2.45, 2.75) is 26.6 Å². The molecule has 1 rings (SSSR count). The summed E-state index contributed by atoms with van der Waals surface area (Å²) in [5, 5.41) is 9.04. The summed E-state index contributed by atoms with van der Waals surface area (Å²) in [6, 6.07) is 0. The Hall–Kier alpha value is -1.09. The number of aliphatic hydroxyl groups is 1. The normalized spacial score (nSPS) is 23.9. The minimum absolute atomic E-state index is 0.383. The van der Waals surface area contributed by atoms with Crippen molar-refractivity contribution < 1.29 is 14.6 Å². The molecule has 1 unspecified atom stereocenters. The summed E-state index contributed by atoms with van der Waals surface area (Å²) in [6.07, 6.45) is -0.603. The second-order valence-electron chi connectivity index (χ2n) is 3.00. The van der Waals surface area contributed by atoms with E-state index >= 15 is 0 Å². The fourth-order valence-corrected chi connectivity index (χ4v) is 1.30. The molecular weight excluding hydrogens is 156 g/mol. The van der Waals surface area contributed by atoms with E-state index in [1.807, 2.05) is 0 Å². The van der Waals surface area contributed by atoms with Gasteiger partial charge < -0.3 is 9.84 Å². The molecule has 3 nitrogen and oxygen atoms in total. The van der Waals surface area contributed by atoms with Gasteiger partial charge >= 0.3 is 5.97 Å². The van der Waals surface area contributed by atoms with Crippen molar-refractivity contribution in [2.75, 3.05) is 0 Å². The molecule has 1 aliphatic heterocycles. The molecule has 0 spiro atoms. The molecule has 0 bridgehead atoms. The maximum absolute atomic E-state index is 11.2. The number of aliphatic hydroxyl groups excluding tert-OH is 1. The van der Waals surface area contributed by atoms with E-state index in [9.17, 15) is 4.79 Å². The van der Waals surface area contributed by atoms with Gasteiger partial charge in [-0.2, -0.15) is 0 Å². The van der Waals surface area contributed by atoms with Crippen molar-refractivity contribution >= 4 is 5.97 Å². The topological polar surface area (TPSA) is 46.5 Å². The zero-order valence-electron chi connectivity index (χ0n) is 7.26. The zero-order chi connectivity index (χ0) is 9.30. The van der Waals surface area contributed by atoms with Gasteiger partial charge in [-0.25, -0.2) is 4.79 Å². The summed E-state index contributed by atoms with van der Waals surface area (Å²) in [5.74, 6) is -0.473. The fraction of sp³-hybridized carbons (Fsp3) is 0.444. The second-order valence-corrected chi connectivity index (χ2v) is 3.00. The highest BCUT2D eigenvalue weighted by atomic mass is 16.6. The lowest BCUT2D eigenvalue weighted by molar-refractivity contribution is -0.164. The first kappa shape index (κ1) is 9.00. The van der Waals surface area contributed by atoms with E-state index in [0.717, 1.165) is 5.57 Å². The van der Waals surface area contributed by atoms with Crippen LogP contribution in [0.15, 0.2) is 23.3 Å². The van der Waals surface area contributed by atoms with Crippen molar-refractivity contribution in [3.8, 4) is 0 Å². The molecule has 0 amide bonds. The van der Waals surface area contributed by atoms with E-state index in [2.05, 4.69) is 11.3 Å². The summed E-state index contributed by atoms with van der Waals surface area (Å²) >= 11 is 0. The lowest BCUT2D eigenvalue weighted by Gasteiger charge is -2.21. The van der Waals surface area contributed by atoms with E-state index in [1.54, 1.807) is 13.8 Å². The molecule has 1 heterocycles. The van der Waals surface area contributed by atoms with Crippen molar-refractivity contribution in [1.29, 1.82) is 0 Å². The van der Waals surface area contributed by atoms with Crippen LogP contribution in [0, 0.1) is 0 Å². The quantitative estimate of drug-likeness (QED) is 0.597. The number of carbonyl (C=O) groups is 1. The van der Waals surface area contributed by atoms with Crippen LogP contribution in [0.1, 0.15) is 20.3 Å². The van der Waals surface area contributed by atoms with Gasteiger partial charge in [-0.05, 0) is 19.4 Å². The van der Waals surface area contributed by atoms with Crippen molar-refractivity contribution in [3.63, 3.8) is 0 Å². The molecule has 0 saturated carbocycles. The van der Waals surface area contributed by atoms with Crippen molar-refractivity contribution in [2.24, 2.45) is 0 Å². The minimum Gasteiger partial charge on any atom is -0.432 e. The Morgan fingerprint density at radius 2 is 2.33 bits per heavy atom. The molecule has 0 aromatic heterocycles. The zero-order valence-corrected chi connectivity index (χ0v) is 7.26. The second kappa shape index (κ2) is 3.11. The minimum atomic E-state index is -0.986. The molecule has 1 atom stereocenters. The number of esters is 1. The fourth-order valence-electron chi connectivity index (χ4n) is 1.30. The first-order valence-corrected chi connectivity index (χ1v) is 3.77. The number of ether oxygens (including phenoxy) is 1. The average molecular weight is 168 g/mol. The summed E-state index contributed by atoms with van der Waals surface area (Å²) in [5.41, 5.74) is 2.04. The van der Waals surface area contributed by atoms with Crippen LogP contribution in [0.2, 0.25) is 0 Å². The molecule has 1 aliphatic rings. The molecular formula is C9H12O3. The lowest BCUT2D eigenvalue weighted by Crippen LogP contribution is -2.25. The van der Waals surface area contributed by atoms with Crippen LogP contribution >= 0.6 is 0 Å². The highest BCUT2D eigenvalue weighted by Crippen LogP contribution is 2.24. The van der Waals surface area contributed by atoms with Crippen LogP contribution in [0.3, 0.4) is 0 Å². The van der Waals surface area contributed by atoms with Gasteiger partial charge in [0.1, 0.15) is 0 Å². The molecule has 1 N–H and O–H groups in total. The third-order valence-electron chi connectivity index (χ3n) is 1.78. The maximum atomic E-state index is 11.2. The standard InChI is InChI=1S/C9H12O3/c1-5(2)8-6(3)4-7(10)12-9(8)11/h7,10H,1,4H2,2-3H3. The number of rotatable bonds is 1. The van der Waals surface area contributed by atoms with E-state index in [1.165, 1.54) is 0 Å². The highest BCUT2D eigenvalue weighted by molar-refractivity contribution is 5.94. The molecule has 3 heteroatoms. The van der Waals surface area contributed by atoms with Gasteiger partial charge in [0.15, 0.2) is 0 Å². The third-order valence-corrected chi connectivity index (χ3v) is 1.78. The van der Waals surface area contributed by atoms with E-state index in [4.69, 9.17) is 5.11 Å². The first-order chi connectivity index (χ1) is 5.52. The van der Waals surface area contributed by atoms with Crippen LogP contribution in [0.5, 0.6) is 0 Å². The van der Waals surface area contributed by atoms with E-state index in [-0.39, 0.29) is 0 Å². The number of hydrogen-bond donors (Lipinski definition) is 1. The smallest absolute Gasteiger partial charge is 0.340 e. The van der Waals surface area contributed by atoms with Crippen molar-refractivity contribution in [1.82, 2.24) is 0 Å². The Kier molecular flexibility index (Phi) is 2.33. The monoisotopic (exact) mass is 168 g/mol. The highest BCUT2D eigenvalue weighted by Gasteiger charge is 2.25. The molecule has 0 fully saturated rings. The van der Waals surface area contributed by atoms with Gasteiger partial charge in [0.05, 0.1) is 5.57 Å². The molecule has 0 radical (unpaired) electrons. The molecule has 0 saturated heterocycles. The Morgan fingerprint density at radius 3 is 2.75 bits per heavy atom. The Bertz CT molecular complexity index is 263. The summed E-state index contributed by atoms with van der Waals surface area (Å²) in [6.45, 7) is 7.21. The van der Waals surface area contributed by atoms with Gasteiger partial charge in [-0.1, -0.05) is 12.2 Å². The van der Waals surface area contributed by atoms with Crippen LogP contribution in [0.4, 0.5) is 0 Å². The van der Waals surface area contributed by atoms with E-state index in [0.29, 0.717) is 17.6 Å². The van der Waals surface area contributed by atoms with Gasteiger partial charge in [-0.15, -0.1) is 0 Å². The molecule has 0 aliphatic carbocycles. The molecule has 12 heavy (non-hydrogen) atoms. The summed E-state index contributed by atoms with van der Waals surface area (Å²) in [4.78, 5) is 11.2. The first-order valence-electron chi connectivity index (χ1n) is 3.77. The average Bonchev–Trinajstić information content (AvgIpc) is 1.82. The predicted octanol–water partition coefficient (Wildman–Crippen LogP) is 1.14. The third kappa shape index (κ3) is 1.56. The van der Waals surface area contributed by atoms with Crippen LogP contribution in [-0.2, 0) is 9.53 Å². The molecule has 0 aromatic carbocycles. The predicted molar refractivity (Wildman–Crippen MR) is 44.2 cm³/mol. The SMILES string of the molecule is C=C(C)C1=C(C)CC(O)OC1=O. The van der Waals surface area contributed by atoms with E-state index < -0.39 is 12.3 Å². The van der Waals surface area contributed by atoms with Crippen molar-refractivity contribution in [3.05, 3.63) is 23.3 Å². The Balaban J connectivity index is 3.01. The molecule has 66 valence electrons. The maximum Gasteiger partial charge on any atom is 0.340 e. The number of cyclic esters (lactones) is 1. The van der Waals surface area contributed by atoms with Gasteiger partial charge in [-0.3, -0.25) is 0 Å². The summed E-state index contributed by atoms with van der Waals surface area (Å²) in [7, 11) is 0. The number of hydrogen-bond acceptors (Lipinski definition) is 3. The Labute approximate surface area is 71.3 Å². The Morgan fingerprint density at radius 1 is 1.75 bits per heavy atom. The van der Waals surface area contributed by atoms with Gasteiger partial charge in [0.2, 0.25) is 6.29 Å². The van der Waals surface area contributed by atoms with Gasteiger partial charge in [0.25, 0.3) is 0 Å². The van der Waals surface area contributed by atoms with Gasteiger partial charge in [0, 0.05) is 6.42 Å². The van der Waals surface area contributed by atoms with Crippen LogP contribution in [0.25, 0.3) is 0 Å².